The molecule has 0 heterocycles. The predicted molar refractivity (Wildman–Crippen MR) is 37.4 cm³/mol. The number of allylic oxidation sites excluding steroid dienone is 2. The molecule has 0 amide bonds. The SMILES string of the molecule is NCC1=C(O)C=CC(F)C1. The van der Waals surface area contributed by atoms with Crippen LogP contribution in [0.1, 0.15) is 6.42 Å². The predicted octanol–water partition coefficient (Wildman–Crippen LogP) is 1.06. The van der Waals surface area contributed by atoms with Gasteiger partial charge in [0, 0.05) is 13.0 Å². The number of aliphatic hydroxyl groups excluding tert-OH is 1. The highest BCUT2D eigenvalue weighted by molar-refractivity contribution is 5.26. The summed E-state index contributed by atoms with van der Waals surface area (Å²) >= 11 is 0. The minimum Gasteiger partial charge on any atom is -0.508 e. The van der Waals surface area contributed by atoms with Crippen molar-refractivity contribution in [3.05, 3.63) is 23.5 Å². The van der Waals surface area contributed by atoms with Crippen LogP contribution in [0.2, 0.25) is 0 Å². The van der Waals surface area contributed by atoms with Gasteiger partial charge < -0.3 is 10.8 Å². The van der Waals surface area contributed by atoms with Gasteiger partial charge in [-0.05, 0) is 17.7 Å². The van der Waals surface area contributed by atoms with Crippen molar-refractivity contribution in [3.8, 4) is 0 Å². The van der Waals surface area contributed by atoms with Crippen LogP contribution in [-0.4, -0.2) is 17.8 Å². The third-order valence-corrected chi connectivity index (χ3v) is 1.51. The van der Waals surface area contributed by atoms with Gasteiger partial charge in [0.1, 0.15) is 11.9 Å². The van der Waals surface area contributed by atoms with Gasteiger partial charge in [-0.1, -0.05) is 0 Å². The van der Waals surface area contributed by atoms with E-state index in [2.05, 4.69) is 0 Å². The zero-order chi connectivity index (χ0) is 7.56. The highest BCUT2D eigenvalue weighted by Crippen LogP contribution is 2.18. The van der Waals surface area contributed by atoms with Crippen molar-refractivity contribution in [2.24, 2.45) is 5.73 Å². The Labute approximate surface area is 58.8 Å². The summed E-state index contributed by atoms with van der Waals surface area (Å²) in [4.78, 5) is 0. The molecule has 56 valence electrons. The second-order valence-corrected chi connectivity index (χ2v) is 2.27. The largest absolute Gasteiger partial charge is 0.508 e. The van der Waals surface area contributed by atoms with Crippen LogP contribution >= 0.6 is 0 Å². The van der Waals surface area contributed by atoms with Gasteiger partial charge in [0.05, 0.1) is 0 Å². The molecule has 0 spiro atoms. The molecule has 0 aliphatic heterocycles. The lowest BCUT2D eigenvalue weighted by molar-refractivity contribution is 0.363. The minimum atomic E-state index is -0.977. The van der Waals surface area contributed by atoms with Crippen LogP contribution in [0, 0.1) is 0 Å². The molecule has 0 radical (unpaired) electrons. The first-order valence-corrected chi connectivity index (χ1v) is 3.17. The van der Waals surface area contributed by atoms with Crippen LogP contribution in [0.3, 0.4) is 0 Å². The zero-order valence-electron chi connectivity index (χ0n) is 5.55. The normalized spacial score (nSPS) is 25.6. The summed E-state index contributed by atoms with van der Waals surface area (Å²) in [6, 6.07) is 0. The van der Waals surface area contributed by atoms with E-state index in [1.54, 1.807) is 0 Å². The molecule has 0 fully saturated rings. The van der Waals surface area contributed by atoms with E-state index in [9.17, 15) is 4.39 Å². The summed E-state index contributed by atoms with van der Waals surface area (Å²) in [5.41, 5.74) is 5.83. The van der Waals surface area contributed by atoms with Crippen LogP contribution in [0.5, 0.6) is 0 Å². The van der Waals surface area contributed by atoms with E-state index in [-0.39, 0.29) is 18.7 Å². The molecule has 10 heavy (non-hydrogen) atoms. The highest BCUT2D eigenvalue weighted by Gasteiger charge is 2.12. The maximum absolute atomic E-state index is 12.5. The molecular weight excluding hydrogens is 133 g/mol. The number of halogens is 1. The van der Waals surface area contributed by atoms with Crippen molar-refractivity contribution < 1.29 is 9.50 Å². The van der Waals surface area contributed by atoms with E-state index >= 15 is 0 Å². The van der Waals surface area contributed by atoms with Crippen LogP contribution in [0.25, 0.3) is 0 Å². The van der Waals surface area contributed by atoms with Gasteiger partial charge in [0.2, 0.25) is 0 Å². The molecular formula is C7H10FNO. The Morgan fingerprint density at radius 1 is 1.80 bits per heavy atom. The smallest absolute Gasteiger partial charge is 0.123 e. The molecule has 1 aliphatic rings. The lowest BCUT2D eigenvalue weighted by Crippen LogP contribution is -2.13. The Hall–Kier alpha value is -0.830. The Balaban J connectivity index is 2.74. The maximum atomic E-state index is 12.5. The lowest BCUT2D eigenvalue weighted by atomic mass is 10.0. The second-order valence-electron chi connectivity index (χ2n) is 2.27. The number of rotatable bonds is 1. The topological polar surface area (TPSA) is 46.2 Å². The van der Waals surface area contributed by atoms with Gasteiger partial charge in [-0.15, -0.1) is 0 Å². The Morgan fingerprint density at radius 3 is 3.00 bits per heavy atom. The summed E-state index contributed by atoms with van der Waals surface area (Å²) < 4.78 is 12.5. The summed E-state index contributed by atoms with van der Waals surface area (Å²) in [6.07, 6.45) is 1.94. The summed E-state index contributed by atoms with van der Waals surface area (Å²) in [5, 5.41) is 9.03. The van der Waals surface area contributed by atoms with Crippen molar-refractivity contribution in [1.29, 1.82) is 0 Å². The lowest BCUT2D eigenvalue weighted by Gasteiger charge is -2.12. The van der Waals surface area contributed by atoms with E-state index in [4.69, 9.17) is 10.8 Å². The molecule has 0 aromatic rings. The van der Waals surface area contributed by atoms with Crippen LogP contribution in [0.4, 0.5) is 4.39 Å². The third-order valence-electron chi connectivity index (χ3n) is 1.51. The quantitative estimate of drug-likeness (QED) is 0.576. The summed E-state index contributed by atoms with van der Waals surface area (Å²) in [7, 11) is 0. The van der Waals surface area contributed by atoms with E-state index < -0.39 is 6.17 Å². The molecule has 0 saturated carbocycles. The van der Waals surface area contributed by atoms with E-state index in [0.717, 1.165) is 0 Å². The van der Waals surface area contributed by atoms with E-state index in [1.807, 2.05) is 0 Å². The van der Waals surface area contributed by atoms with Gasteiger partial charge in [0.25, 0.3) is 0 Å². The molecule has 0 aromatic carbocycles. The van der Waals surface area contributed by atoms with Crippen LogP contribution in [0.15, 0.2) is 23.5 Å². The highest BCUT2D eigenvalue weighted by atomic mass is 19.1. The van der Waals surface area contributed by atoms with Crippen LogP contribution in [-0.2, 0) is 0 Å². The first kappa shape index (κ1) is 7.28. The van der Waals surface area contributed by atoms with Gasteiger partial charge in [-0.25, -0.2) is 4.39 Å². The number of nitrogens with two attached hydrogens (primary N) is 1. The molecule has 0 bridgehead atoms. The molecule has 1 aliphatic carbocycles. The first-order chi connectivity index (χ1) is 4.74. The molecule has 1 atom stereocenters. The summed E-state index contributed by atoms with van der Waals surface area (Å²) in [5.74, 6) is 0.122. The number of hydrogen-bond acceptors (Lipinski definition) is 2. The van der Waals surface area contributed by atoms with Crippen molar-refractivity contribution in [1.82, 2.24) is 0 Å². The average molecular weight is 143 g/mol. The fourth-order valence-electron chi connectivity index (χ4n) is 0.909. The minimum absolute atomic E-state index is 0.122. The van der Waals surface area contributed by atoms with Gasteiger partial charge in [0.15, 0.2) is 0 Å². The van der Waals surface area contributed by atoms with Gasteiger partial charge in [-0.3, -0.25) is 0 Å². The Bertz CT molecular complexity index is 186. The standard InChI is InChI=1S/C7H10FNO/c8-6-1-2-7(10)5(3-6)4-9/h1-2,6,10H,3-4,9H2. The Morgan fingerprint density at radius 2 is 2.50 bits per heavy atom. The van der Waals surface area contributed by atoms with E-state index in [0.29, 0.717) is 5.57 Å². The molecule has 1 rings (SSSR count). The average Bonchev–Trinajstić information content (AvgIpc) is 1.94. The number of aliphatic hydroxyl groups is 1. The molecule has 0 aromatic heterocycles. The van der Waals surface area contributed by atoms with Crippen LogP contribution < -0.4 is 5.73 Å². The number of hydrogen-bond donors (Lipinski definition) is 2. The summed E-state index contributed by atoms with van der Waals surface area (Å²) in [6.45, 7) is 0.233. The molecule has 1 unspecified atom stereocenters. The zero-order valence-corrected chi connectivity index (χ0v) is 5.55. The van der Waals surface area contributed by atoms with Crippen molar-refractivity contribution >= 4 is 0 Å². The number of alkyl halides is 1. The van der Waals surface area contributed by atoms with Crippen molar-refractivity contribution in [2.75, 3.05) is 6.54 Å². The van der Waals surface area contributed by atoms with Gasteiger partial charge in [-0.2, -0.15) is 0 Å². The van der Waals surface area contributed by atoms with Gasteiger partial charge >= 0.3 is 0 Å². The first-order valence-electron chi connectivity index (χ1n) is 3.17. The van der Waals surface area contributed by atoms with Crippen molar-refractivity contribution in [2.45, 2.75) is 12.6 Å². The second kappa shape index (κ2) is 2.84. The maximum Gasteiger partial charge on any atom is 0.123 e. The van der Waals surface area contributed by atoms with E-state index in [1.165, 1.54) is 12.2 Å². The molecule has 0 saturated heterocycles. The van der Waals surface area contributed by atoms with Crippen molar-refractivity contribution in [3.63, 3.8) is 0 Å². The molecule has 3 N–H and O–H groups in total. The molecule has 3 heteroatoms. The monoisotopic (exact) mass is 143 g/mol. The third kappa shape index (κ3) is 1.36. The fraction of sp³-hybridized carbons (Fsp3) is 0.429. The molecule has 2 nitrogen and oxygen atoms in total. The fourth-order valence-corrected chi connectivity index (χ4v) is 0.909. The Kier molecular flexibility index (Phi) is 2.06.